The number of carbonyl (C=O) groups excluding carboxylic acids is 1. The Bertz CT molecular complexity index is 897. The second-order valence-electron chi connectivity index (χ2n) is 5.07. The summed E-state index contributed by atoms with van der Waals surface area (Å²) in [6.45, 7) is 1.84. The fourth-order valence-electron chi connectivity index (χ4n) is 2.18. The number of carbonyl (C=O) groups is 1. The SMILES string of the molecule is Cc1ccccc1OCC(=O)Nc1cc(Cl)c2nc(NN)sc2c1. The summed E-state index contributed by atoms with van der Waals surface area (Å²) in [7, 11) is 0. The molecule has 6 nitrogen and oxygen atoms in total. The van der Waals surface area contributed by atoms with Crippen LogP contribution in [0.1, 0.15) is 5.56 Å². The van der Waals surface area contributed by atoms with Crippen molar-refractivity contribution in [2.75, 3.05) is 17.3 Å². The van der Waals surface area contributed by atoms with Crippen LogP contribution >= 0.6 is 22.9 Å². The molecule has 0 radical (unpaired) electrons. The van der Waals surface area contributed by atoms with Crippen LogP contribution in [0.3, 0.4) is 0 Å². The summed E-state index contributed by atoms with van der Waals surface area (Å²) in [4.78, 5) is 16.3. The topological polar surface area (TPSA) is 89.3 Å². The lowest BCUT2D eigenvalue weighted by Crippen LogP contribution is -2.20. The fraction of sp³-hybridized carbons (Fsp3) is 0.125. The minimum atomic E-state index is -0.268. The van der Waals surface area contributed by atoms with Crippen molar-refractivity contribution in [3.8, 4) is 5.75 Å². The van der Waals surface area contributed by atoms with E-state index in [2.05, 4.69) is 15.7 Å². The number of ether oxygens (including phenoxy) is 1. The van der Waals surface area contributed by atoms with Gasteiger partial charge in [-0.3, -0.25) is 10.2 Å². The molecule has 8 heteroatoms. The molecule has 0 unspecified atom stereocenters. The third-order valence-corrected chi connectivity index (χ3v) is 4.53. The van der Waals surface area contributed by atoms with Crippen molar-refractivity contribution < 1.29 is 9.53 Å². The molecule has 1 amide bonds. The third kappa shape index (κ3) is 3.59. The standard InChI is InChI=1S/C16H15ClN4O2S/c1-9-4-2-3-5-12(9)23-8-14(22)19-10-6-11(17)15-13(7-10)24-16(20-15)21-18/h2-7H,8,18H2,1H3,(H,19,22)(H,20,21). The summed E-state index contributed by atoms with van der Waals surface area (Å²) in [6, 6.07) is 11.0. The van der Waals surface area contributed by atoms with Crippen LogP contribution in [0.15, 0.2) is 36.4 Å². The number of thiazole rings is 1. The largest absolute Gasteiger partial charge is 0.483 e. The highest BCUT2D eigenvalue weighted by Gasteiger charge is 2.11. The van der Waals surface area contributed by atoms with Gasteiger partial charge in [-0.15, -0.1) is 0 Å². The van der Waals surface area contributed by atoms with E-state index in [1.165, 1.54) is 11.3 Å². The van der Waals surface area contributed by atoms with Gasteiger partial charge in [0.05, 0.1) is 9.72 Å². The molecule has 0 atom stereocenters. The van der Waals surface area contributed by atoms with Crippen LogP contribution in [0.5, 0.6) is 5.75 Å². The smallest absolute Gasteiger partial charge is 0.262 e. The number of hydrazine groups is 1. The molecular formula is C16H15ClN4O2S. The molecule has 0 aliphatic carbocycles. The molecule has 0 aliphatic heterocycles. The van der Waals surface area contributed by atoms with E-state index in [0.717, 1.165) is 10.3 Å². The number of hydrogen-bond acceptors (Lipinski definition) is 6. The summed E-state index contributed by atoms with van der Waals surface area (Å²) in [5.74, 6) is 5.77. The number of fused-ring (bicyclic) bond motifs is 1. The quantitative estimate of drug-likeness (QED) is 0.477. The molecular weight excluding hydrogens is 348 g/mol. The van der Waals surface area contributed by atoms with Gasteiger partial charge < -0.3 is 10.1 Å². The van der Waals surface area contributed by atoms with Gasteiger partial charge in [0.1, 0.15) is 11.3 Å². The lowest BCUT2D eigenvalue weighted by atomic mass is 10.2. The van der Waals surface area contributed by atoms with Crippen LogP contribution < -0.4 is 21.3 Å². The third-order valence-electron chi connectivity index (χ3n) is 3.31. The summed E-state index contributed by atoms with van der Waals surface area (Å²) in [5, 5.41) is 3.77. The van der Waals surface area contributed by atoms with Crippen molar-refractivity contribution in [1.82, 2.24) is 4.98 Å². The molecule has 2 aromatic carbocycles. The van der Waals surface area contributed by atoms with Gasteiger partial charge in [-0.2, -0.15) is 0 Å². The van der Waals surface area contributed by atoms with E-state index in [9.17, 15) is 4.79 Å². The molecule has 0 aliphatic rings. The number of amides is 1. The monoisotopic (exact) mass is 362 g/mol. The Morgan fingerprint density at radius 1 is 1.38 bits per heavy atom. The van der Waals surface area contributed by atoms with Crippen LogP contribution in [0, 0.1) is 6.92 Å². The predicted molar refractivity (Wildman–Crippen MR) is 97.7 cm³/mol. The van der Waals surface area contributed by atoms with Gasteiger partial charge in [0, 0.05) is 5.69 Å². The molecule has 3 aromatic rings. The number of nitrogens with one attached hydrogen (secondary N) is 2. The van der Waals surface area contributed by atoms with Gasteiger partial charge in [-0.25, -0.2) is 10.8 Å². The minimum absolute atomic E-state index is 0.0845. The van der Waals surface area contributed by atoms with Crippen LogP contribution in [0.25, 0.3) is 10.2 Å². The number of benzene rings is 2. The minimum Gasteiger partial charge on any atom is -0.483 e. The van der Waals surface area contributed by atoms with Crippen molar-refractivity contribution >= 4 is 49.9 Å². The van der Waals surface area contributed by atoms with Crippen LogP contribution in [-0.2, 0) is 4.79 Å². The molecule has 4 N–H and O–H groups in total. The van der Waals surface area contributed by atoms with E-state index in [1.807, 2.05) is 31.2 Å². The number of aryl methyl sites for hydroxylation is 1. The second kappa shape index (κ2) is 7.04. The molecule has 3 rings (SSSR count). The van der Waals surface area contributed by atoms with Crippen LogP contribution in [0.2, 0.25) is 5.02 Å². The Morgan fingerprint density at radius 2 is 2.17 bits per heavy atom. The van der Waals surface area contributed by atoms with Gasteiger partial charge in [-0.05, 0) is 30.7 Å². The van der Waals surface area contributed by atoms with Gasteiger partial charge >= 0.3 is 0 Å². The van der Waals surface area contributed by atoms with Crippen LogP contribution in [0.4, 0.5) is 10.8 Å². The first-order chi connectivity index (χ1) is 11.6. The maximum Gasteiger partial charge on any atom is 0.262 e. The normalized spacial score (nSPS) is 10.6. The van der Waals surface area contributed by atoms with E-state index in [1.54, 1.807) is 12.1 Å². The number of nitrogens with two attached hydrogens (primary N) is 1. The van der Waals surface area contributed by atoms with Crippen molar-refractivity contribution in [2.45, 2.75) is 6.92 Å². The van der Waals surface area contributed by atoms with Crippen LogP contribution in [-0.4, -0.2) is 17.5 Å². The zero-order valence-electron chi connectivity index (χ0n) is 12.8. The van der Waals surface area contributed by atoms with Crippen molar-refractivity contribution in [2.24, 2.45) is 5.84 Å². The highest BCUT2D eigenvalue weighted by atomic mass is 35.5. The van der Waals surface area contributed by atoms with Gasteiger partial charge in [0.15, 0.2) is 11.7 Å². The maximum atomic E-state index is 12.1. The van der Waals surface area contributed by atoms with Crippen molar-refractivity contribution in [1.29, 1.82) is 0 Å². The average Bonchev–Trinajstić information content (AvgIpc) is 2.98. The Morgan fingerprint density at radius 3 is 2.92 bits per heavy atom. The number of nitrogens with zero attached hydrogens (tertiary/aromatic N) is 1. The number of aromatic nitrogens is 1. The number of halogens is 1. The highest BCUT2D eigenvalue weighted by Crippen LogP contribution is 2.33. The van der Waals surface area contributed by atoms with E-state index in [4.69, 9.17) is 22.2 Å². The van der Waals surface area contributed by atoms with E-state index in [0.29, 0.717) is 27.1 Å². The molecule has 1 aromatic heterocycles. The molecule has 0 fully saturated rings. The highest BCUT2D eigenvalue weighted by molar-refractivity contribution is 7.22. The van der Waals surface area contributed by atoms with E-state index >= 15 is 0 Å². The molecule has 0 saturated carbocycles. The maximum absolute atomic E-state index is 12.1. The van der Waals surface area contributed by atoms with Crippen molar-refractivity contribution in [3.63, 3.8) is 0 Å². The molecule has 1 heterocycles. The van der Waals surface area contributed by atoms with Gasteiger partial charge in [-0.1, -0.05) is 41.1 Å². The second-order valence-corrected chi connectivity index (χ2v) is 6.51. The number of nitrogen functional groups attached to an aromatic ring is 1. The first-order valence-corrected chi connectivity index (χ1v) is 8.31. The molecule has 0 saturated heterocycles. The summed E-state index contributed by atoms with van der Waals surface area (Å²) in [5.41, 5.74) is 4.69. The lowest BCUT2D eigenvalue weighted by Gasteiger charge is -2.09. The molecule has 124 valence electrons. The number of para-hydroxylation sites is 1. The lowest BCUT2D eigenvalue weighted by molar-refractivity contribution is -0.118. The zero-order valence-corrected chi connectivity index (χ0v) is 14.4. The number of rotatable bonds is 5. The first-order valence-electron chi connectivity index (χ1n) is 7.12. The summed E-state index contributed by atoms with van der Waals surface area (Å²) >= 11 is 7.55. The summed E-state index contributed by atoms with van der Waals surface area (Å²) < 4.78 is 6.35. The summed E-state index contributed by atoms with van der Waals surface area (Å²) in [6.07, 6.45) is 0. The van der Waals surface area contributed by atoms with Gasteiger partial charge in [0.2, 0.25) is 0 Å². The Balaban J connectivity index is 1.70. The predicted octanol–water partition coefficient (Wildman–Crippen LogP) is 3.56. The number of hydrogen-bond donors (Lipinski definition) is 3. The molecule has 0 spiro atoms. The molecule has 24 heavy (non-hydrogen) atoms. The Hall–Kier alpha value is -2.35. The Labute approximate surface area is 147 Å². The Kier molecular flexibility index (Phi) is 4.84. The first kappa shape index (κ1) is 16.5. The number of anilines is 2. The average molecular weight is 363 g/mol. The zero-order chi connectivity index (χ0) is 17.1. The van der Waals surface area contributed by atoms with E-state index < -0.39 is 0 Å². The van der Waals surface area contributed by atoms with E-state index in [-0.39, 0.29) is 12.5 Å². The molecule has 0 bridgehead atoms. The van der Waals surface area contributed by atoms with Crippen molar-refractivity contribution in [3.05, 3.63) is 47.0 Å². The fourth-order valence-corrected chi connectivity index (χ4v) is 3.34. The van der Waals surface area contributed by atoms with Gasteiger partial charge in [0.25, 0.3) is 5.91 Å².